The summed E-state index contributed by atoms with van der Waals surface area (Å²) < 4.78 is 24.4. The van der Waals surface area contributed by atoms with Gasteiger partial charge in [-0.25, -0.2) is 9.37 Å². The Balaban J connectivity index is 1.47. The van der Waals surface area contributed by atoms with Crippen LogP contribution in [0.4, 0.5) is 4.39 Å². The van der Waals surface area contributed by atoms with Gasteiger partial charge in [-0.1, -0.05) is 30.3 Å². The second-order valence-corrected chi connectivity index (χ2v) is 8.30. The van der Waals surface area contributed by atoms with E-state index in [1.54, 1.807) is 12.1 Å². The molecule has 156 valence electrons. The van der Waals surface area contributed by atoms with Crippen molar-refractivity contribution in [3.8, 4) is 16.2 Å². The molecular weight excluding hydrogens is 403 g/mol. The SMILES string of the molecule is Cc1nc(C(=O)N2CCOCC2CCOc2ccc(F)cc2)c(-c2ccccc2)s1. The minimum atomic E-state index is -0.299. The van der Waals surface area contributed by atoms with Gasteiger partial charge >= 0.3 is 0 Å². The summed E-state index contributed by atoms with van der Waals surface area (Å²) in [6.45, 7) is 3.81. The molecule has 0 saturated carbocycles. The van der Waals surface area contributed by atoms with Gasteiger partial charge in [0, 0.05) is 13.0 Å². The molecule has 1 atom stereocenters. The summed E-state index contributed by atoms with van der Waals surface area (Å²) >= 11 is 1.53. The predicted molar refractivity (Wildman–Crippen MR) is 114 cm³/mol. The van der Waals surface area contributed by atoms with Gasteiger partial charge in [0.15, 0.2) is 0 Å². The van der Waals surface area contributed by atoms with Crippen LogP contribution in [0.1, 0.15) is 21.9 Å². The summed E-state index contributed by atoms with van der Waals surface area (Å²) in [4.78, 5) is 20.7. The molecule has 1 saturated heterocycles. The second-order valence-electron chi connectivity index (χ2n) is 7.09. The highest BCUT2D eigenvalue weighted by Crippen LogP contribution is 2.31. The van der Waals surface area contributed by atoms with E-state index in [0.29, 0.717) is 44.2 Å². The van der Waals surface area contributed by atoms with E-state index in [1.807, 2.05) is 42.2 Å². The Labute approximate surface area is 179 Å². The van der Waals surface area contributed by atoms with Crippen LogP contribution in [0.2, 0.25) is 0 Å². The number of rotatable bonds is 6. The topological polar surface area (TPSA) is 51.7 Å². The van der Waals surface area contributed by atoms with Gasteiger partial charge < -0.3 is 14.4 Å². The van der Waals surface area contributed by atoms with Crippen LogP contribution in [0, 0.1) is 12.7 Å². The van der Waals surface area contributed by atoms with Gasteiger partial charge in [0.05, 0.1) is 35.7 Å². The smallest absolute Gasteiger partial charge is 0.274 e. The maximum absolute atomic E-state index is 13.4. The van der Waals surface area contributed by atoms with Crippen molar-refractivity contribution in [3.63, 3.8) is 0 Å². The number of hydrogen-bond donors (Lipinski definition) is 0. The van der Waals surface area contributed by atoms with Crippen LogP contribution >= 0.6 is 11.3 Å². The molecule has 0 N–H and O–H groups in total. The highest BCUT2D eigenvalue weighted by molar-refractivity contribution is 7.15. The van der Waals surface area contributed by atoms with Crippen molar-refractivity contribution in [3.05, 3.63) is 71.1 Å². The van der Waals surface area contributed by atoms with Gasteiger partial charge in [0.25, 0.3) is 5.91 Å². The van der Waals surface area contributed by atoms with Crippen molar-refractivity contribution in [1.82, 2.24) is 9.88 Å². The van der Waals surface area contributed by atoms with Crippen LogP contribution in [-0.4, -0.2) is 48.2 Å². The van der Waals surface area contributed by atoms with E-state index in [9.17, 15) is 9.18 Å². The number of aromatic nitrogens is 1. The summed E-state index contributed by atoms with van der Waals surface area (Å²) in [7, 11) is 0. The molecule has 1 aliphatic rings. The lowest BCUT2D eigenvalue weighted by atomic mass is 10.1. The van der Waals surface area contributed by atoms with Gasteiger partial charge in [-0.05, 0) is 36.8 Å². The first-order valence-corrected chi connectivity index (χ1v) is 10.7. The Kier molecular flexibility index (Phi) is 6.40. The lowest BCUT2D eigenvalue weighted by molar-refractivity contribution is -0.00764. The molecule has 0 aliphatic carbocycles. The van der Waals surface area contributed by atoms with Crippen LogP contribution in [0.25, 0.3) is 10.4 Å². The zero-order valence-electron chi connectivity index (χ0n) is 16.7. The molecule has 2 aromatic carbocycles. The maximum atomic E-state index is 13.4. The number of hydrogen-bond acceptors (Lipinski definition) is 5. The molecule has 30 heavy (non-hydrogen) atoms. The Morgan fingerprint density at radius 2 is 2.00 bits per heavy atom. The predicted octanol–water partition coefficient (Wildman–Crippen LogP) is 4.57. The van der Waals surface area contributed by atoms with Crippen molar-refractivity contribution in [2.45, 2.75) is 19.4 Å². The van der Waals surface area contributed by atoms with Crippen molar-refractivity contribution >= 4 is 17.2 Å². The molecule has 0 radical (unpaired) electrons. The molecule has 1 aliphatic heterocycles. The lowest BCUT2D eigenvalue weighted by Crippen LogP contribution is -2.49. The van der Waals surface area contributed by atoms with Gasteiger partial charge in [-0.15, -0.1) is 11.3 Å². The minimum absolute atomic E-state index is 0.0757. The molecule has 1 aromatic heterocycles. The minimum Gasteiger partial charge on any atom is -0.494 e. The van der Waals surface area contributed by atoms with Crippen molar-refractivity contribution in [2.24, 2.45) is 0 Å². The first kappa shape index (κ1) is 20.5. The number of thiazole rings is 1. The summed E-state index contributed by atoms with van der Waals surface area (Å²) in [6.07, 6.45) is 0.618. The summed E-state index contributed by atoms with van der Waals surface area (Å²) in [5.74, 6) is 0.230. The second kappa shape index (κ2) is 9.36. The zero-order valence-corrected chi connectivity index (χ0v) is 17.5. The molecule has 1 unspecified atom stereocenters. The fourth-order valence-corrected chi connectivity index (χ4v) is 4.41. The van der Waals surface area contributed by atoms with Gasteiger partial charge in [0.2, 0.25) is 0 Å². The van der Waals surface area contributed by atoms with Crippen LogP contribution < -0.4 is 4.74 Å². The van der Waals surface area contributed by atoms with E-state index in [2.05, 4.69) is 4.98 Å². The average Bonchev–Trinajstić information content (AvgIpc) is 3.17. The summed E-state index contributed by atoms with van der Waals surface area (Å²) in [5.41, 5.74) is 1.49. The monoisotopic (exact) mass is 426 g/mol. The van der Waals surface area contributed by atoms with E-state index in [0.717, 1.165) is 15.4 Å². The standard InChI is InChI=1S/C23H23FN2O3S/c1-16-25-21(22(30-16)17-5-3-2-4-6-17)23(27)26-12-14-28-15-19(26)11-13-29-20-9-7-18(24)8-10-20/h2-10,19H,11-15H2,1H3. The molecule has 7 heteroatoms. The Hall–Kier alpha value is -2.77. The van der Waals surface area contributed by atoms with Gasteiger partial charge in [0.1, 0.15) is 17.3 Å². The molecule has 1 fully saturated rings. The number of benzene rings is 2. The third-order valence-corrected chi connectivity index (χ3v) is 6.01. The van der Waals surface area contributed by atoms with E-state index in [-0.39, 0.29) is 17.8 Å². The number of amides is 1. The number of ether oxygens (including phenoxy) is 2. The quantitative estimate of drug-likeness (QED) is 0.580. The van der Waals surface area contributed by atoms with E-state index in [4.69, 9.17) is 9.47 Å². The fraction of sp³-hybridized carbons (Fsp3) is 0.304. The number of halogens is 1. The van der Waals surface area contributed by atoms with Crippen LogP contribution in [0.15, 0.2) is 54.6 Å². The van der Waals surface area contributed by atoms with Gasteiger partial charge in [-0.3, -0.25) is 4.79 Å². The first-order chi connectivity index (χ1) is 14.6. The molecule has 3 aromatic rings. The van der Waals surface area contributed by atoms with Crippen molar-refractivity contribution in [2.75, 3.05) is 26.4 Å². The summed E-state index contributed by atoms with van der Waals surface area (Å²) in [5, 5.41) is 0.863. The third kappa shape index (κ3) is 4.68. The first-order valence-electron chi connectivity index (χ1n) is 9.92. The maximum Gasteiger partial charge on any atom is 0.274 e. The normalized spacial score (nSPS) is 16.5. The van der Waals surface area contributed by atoms with Crippen LogP contribution in [0.3, 0.4) is 0 Å². The highest BCUT2D eigenvalue weighted by Gasteiger charge is 2.31. The Bertz CT molecular complexity index is 991. The molecule has 4 rings (SSSR count). The fourth-order valence-electron chi connectivity index (χ4n) is 3.50. The number of carbonyl (C=O) groups excluding carboxylic acids is 1. The molecule has 5 nitrogen and oxygen atoms in total. The summed E-state index contributed by atoms with van der Waals surface area (Å²) in [6, 6.07) is 15.7. The Morgan fingerprint density at radius 3 is 2.77 bits per heavy atom. The average molecular weight is 427 g/mol. The number of morpholine rings is 1. The highest BCUT2D eigenvalue weighted by atomic mass is 32.1. The molecule has 0 bridgehead atoms. The molecule has 2 heterocycles. The number of nitrogens with zero attached hydrogens (tertiary/aromatic N) is 2. The van der Waals surface area contributed by atoms with Crippen LogP contribution in [0.5, 0.6) is 5.75 Å². The van der Waals surface area contributed by atoms with Crippen LogP contribution in [-0.2, 0) is 4.74 Å². The number of aryl methyl sites for hydroxylation is 1. The molecule has 0 spiro atoms. The third-order valence-electron chi connectivity index (χ3n) is 4.99. The number of carbonyl (C=O) groups is 1. The van der Waals surface area contributed by atoms with Crippen molar-refractivity contribution in [1.29, 1.82) is 0 Å². The molecule has 1 amide bonds. The van der Waals surface area contributed by atoms with E-state index < -0.39 is 0 Å². The largest absolute Gasteiger partial charge is 0.494 e. The zero-order chi connectivity index (χ0) is 20.9. The Morgan fingerprint density at radius 1 is 1.23 bits per heavy atom. The van der Waals surface area contributed by atoms with E-state index >= 15 is 0 Å². The lowest BCUT2D eigenvalue weighted by Gasteiger charge is -2.35. The van der Waals surface area contributed by atoms with Gasteiger partial charge in [-0.2, -0.15) is 0 Å². The van der Waals surface area contributed by atoms with E-state index in [1.165, 1.54) is 23.5 Å². The van der Waals surface area contributed by atoms with Crippen molar-refractivity contribution < 1.29 is 18.7 Å². The molecular formula is C23H23FN2O3S.